The summed E-state index contributed by atoms with van der Waals surface area (Å²) in [6.07, 6.45) is 1.79. The van der Waals surface area contributed by atoms with E-state index >= 15 is 0 Å². The average Bonchev–Trinajstić information content (AvgIpc) is 2.93. The lowest BCUT2D eigenvalue weighted by Gasteiger charge is -2.32. The smallest absolute Gasteiger partial charge is 0.222 e. The number of nitrogens with zero attached hydrogens (tertiary/aromatic N) is 3. The number of aryl methyl sites for hydroxylation is 1. The molecule has 2 N–H and O–H groups in total. The molecule has 1 aromatic carbocycles. The molecule has 1 unspecified atom stereocenters. The molecular weight excluding hydrogens is 392 g/mol. The van der Waals surface area contributed by atoms with Gasteiger partial charge < -0.3 is 24.8 Å². The van der Waals surface area contributed by atoms with Crippen LogP contribution in [0.3, 0.4) is 0 Å². The van der Waals surface area contributed by atoms with Gasteiger partial charge in [-0.2, -0.15) is 4.98 Å². The molecule has 8 heteroatoms. The Hall–Kier alpha value is -2.25. The summed E-state index contributed by atoms with van der Waals surface area (Å²) in [6.45, 7) is 9.01. The molecule has 0 radical (unpaired) electrons. The Morgan fingerprint density at radius 2 is 2.00 bits per heavy atom. The van der Waals surface area contributed by atoms with Gasteiger partial charge in [-0.15, -0.1) is 0 Å². The highest BCUT2D eigenvalue weighted by Gasteiger charge is 2.28. The summed E-state index contributed by atoms with van der Waals surface area (Å²) in [5.41, 5.74) is 7.64. The first-order valence-electron chi connectivity index (χ1n) is 10.1. The molecule has 29 heavy (non-hydrogen) atoms. The van der Waals surface area contributed by atoms with Crippen LogP contribution in [0.5, 0.6) is 11.5 Å². The molecule has 2 heterocycles. The van der Waals surface area contributed by atoms with Gasteiger partial charge in [-0.3, -0.25) is 0 Å². The van der Waals surface area contributed by atoms with E-state index < -0.39 is 0 Å². The molecule has 1 saturated heterocycles. The van der Waals surface area contributed by atoms with E-state index in [1.807, 2.05) is 32.0 Å². The van der Waals surface area contributed by atoms with Crippen molar-refractivity contribution in [3.05, 3.63) is 34.5 Å². The van der Waals surface area contributed by atoms with Crippen molar-refractivity contribution < 1.29 is 14.2 Å². The minimum atomic E-state index is -0.127. The molecule has 0 saturated carbocycles. The van der Waals surface area contributed by atoms with Gasteiger partial charge in [-0.1, -0.05) is 18.5 Å². The van der Waals surface area contributed by atoms with E-state index in [2.05, 4.69) is 21.8 Å². The van der Waals surface area contributed by atoms with E-state index in [-0.39, 0.29) is 12.0 Å². The molecule has 0 bridgehead atoms. The molecule has 158 valence electrons. The molecule has 2 aromatic rings. The fourth-order valence-corrected chi connectivity index (χ4v) is 3.71. The fraction of sp³-hybridized carbons (Fsp3) is 0.524. The predicted octanol–water partition coefficient (Wildman–Crippen LogP) is 4.18. The maximum Gasteiger partial charge on any atom is 0.222 e. The SMILES string of the molecule is CCCOc1cc(Cl)c(C2COCCCN2c2cc(C)nc(N)n2)cc1OCC. The first-order chi connectivity index (χ1) is 14.0. The number of hydrogen-bond acceptors (Lipinski definition) is 7. The van der Waals surface area contributed by atoms with Gasteiger partial charge >= 0.3 is 0 Å². The Morgan fingerprint density at radius 1 is 1.21 bits per heavy atom. The van der Waals surface area contributed by atoms with E-state index in [0.717, 1.165) is 36.5 Å². The summed E-state index contributed by atoms with van der Waals surface area (Å²) in [5, 5.41) is 0.610. The molecule has 0 amide bonds. The standard InChI is InChI=1S/C21H29ClN4O3/c1-4-8-29-19-12-16(22)15(11-18(19)28-5-2)17-13-27-9-6-7-26(17)20-10-14(3)24-21(23)25-20/h10-12,17H,4-9,13H2,1-3H3,(H2,23,24,25). The maximum absolute atomic E-state index is 6.71. The third kappa shape index (κ3) is 5.22. The van der Waals surface area contributed by atoms with Crippen molar-refractivity contribution in [1.29, 1.82) is 0 Å². The Balaban J connectivity index is 2.03. The van der Waals surface area contributed by atoms with Gasteiger partial charge in [0.1, 0.15) is 5.82 Å². The Labute approximate surface area is 177 Å². The van der Waals surface area contributed by atoms with E-state index in [1.54, 1.807) is 0 Å². The normalized spacial score (nSPS) is 17.1. The first-order valence-corrected chi connectivity index (χ1v) is 10.5. The number of aromatic nitrogens is 2. The van der Waals surface area contributed by atoms with E-state index in [4.69, 9.17) is 31.5 Å². The fourth-order valence-electron chi connectivity index (χ4n) is 3.43. The Bertz CT molecular complexity index is 814. The van der Waals surface area contributed by atoms with Crippen LogP contribution in [0.1, 0.15) is 44.0 Å². The van der Waals surface area contributed by atoms with Gasteiger partial charge in [0.15, 0.2) is 11.5 Å². The molecule has 1 fully saturated rings. The summed E-state index contributed by atoms with van der Waals surface area (Å²) in [7, 11) is 0. The van der Waals surface area contributed by atoms with Gasteiger partial charge in [-0.05, 0) is 38.3 Å². The van der Waals surface area contributed by atoms with Crippen molar-refractivity contribution in [1.82, 2.24) is 9.97 Å². The molecule has 0 spiro atoms. The highest BCUT2D eigenvalue weighted by atomic mass is 35.5. The quantitative estimate of drug-likeness (QED) is 0.719. The topological polar surface area (TPSA) is 82.7 Å². The van der Waals surface area contributed by atoms with Gasteiger partial charge in [-0.25, -0.2) is 4.98 Å². The zero-order chi connectivity index (χ0) is 20.8. The van der Waals surface area contributed by atoms with Crippen molar-refractivity contribution in [3.63, 3.8) is 0 Å². The molecule has 7 nitrogen and oxygen atoms in total. The summed E-state index contributed by atoms with van der Waals surface area (Å²) >= 11 is 6.71. The van der Waals surface area contributed by atoms with E-state index in [1.165, 1.54) is 0 Å². The van der Waals surface area contributed by atoms with Gasteiger partial charge in [0.2, 0.25) is 5.95 Å². The summed E-state index contributed by atoms with van der Waals surface area (Å²) in [6, 6.07) is 5.60. The number of ether oxygens (including phenoxy) is 3. The van der Waals surface area contributed by atoms with Gasteiger partial charge in [0, 0.05) is 36.0 Å². The minimum Gasteiger partial charge on any atom is -0.490 e. The predicted molar refractivity (Wildman–Crippen MR) is 115 cm³/mol. The number of nitrogens with two attached hydrogens (primary N) is 1. The first kappa shape index (κ1) is 21.5. The number of nitrogen functional groups attached to an aromatic ring is 1. The van der Waals surface area contributed by atoms with Crippen LogP contribution in [0.2, 0.25) is 5.02 Å². The Kier molecular flexibility index (Phi) is 7.39. The minimum absolute atomic E-state index is 0.127. The van der Waals surface area contributed by atoms with Crippen LogP contribution < -0.4 is 20.1 Å². The van der Waals surface area contributed by atoms with Crippen LogP contribution in [0.25, 0.3) is 0 Å². The zero-order valence-electron chi connectivity index (χ0n) is 17.3. The van der Waals surface area contributed by atoms with Crippen LogP contribution >= 0.6 is 11.6 Å². The molecule has 1 atom stereocenters. The lowest BCUT2D eigenvalue weighted by atomic mass is 10.0. The number of anilines is 2. The number of halogens is 1. The van der Waals surface area contributed by atoms with E-state index in [9.17, 15) is 0 Å². The van der Waals surface area contributed by atoms with Crippen molar-refractivity contribution >= 4 is 23.4 Å². The lowest BCUT2D eigenvalue weighted by Crippen LogP contribution is -2.32. The summed E-state index contributed by atoms with van der Waals surface area (Å²) in [5.74, 6) is 2.37. The van der Waals surface area contributed by atoms with Crippen LogP contribution in [0, 0.1) is 6.92 Å². The second-order valence-electron chi connectivity index (χ2n) is 6.97. The second-order valence-corrected chi connectivity index (χ2v) is 7.37. The molecule has 0 aliphatic carbocycles. The largest absolute Gasteiger partial charge is 0.490 e. The van der Waals surface area contributed by atoms with Gasteiger partial charge in [0.05, 0.1) is 25.9 Å². The molecule has 1 aliphatic heterocycles. The molecule has 1 aromatic heterocycles. The molecular formula is C21H29ClN4O3. The van der Waals surface area contributed by atoms with E-state index in [0.29, 0.717) is 42.9 Å². The monoisotopic (exact) mass is 420 g/mol. The highest BCUT2D eigenvalue weighted by Crippen LogP contribution is 2.40. The van der Waals surface area contributed by atoms with Crippen molar-refractivity contribution in [2.75, 3.05) is 43.6 Å². The second kappa shape index (κ2) is 9.98. The van der Waals surface area contributed by atoms with Crippen LogP contribution in [0.4, 0.5) is 11.8 Å². The maximum atomic E-state index is 6.71. The van der Waals surface area contributed by atoms with Crippen LogP contribution in [0.15, 0.2) is 18.2 Å². The zero-order valence-corrected chi connectivity index (χ0v) is 18.0. The van der Waals surface area contributed by atoms with Crippen molar-refractivity contribution in [3.8, 4) is 11.5 Å². The summed E-state index contributed by atoms with van der Waals surface area (Å²) < 4.78 is 17.6. The summed E-state index contributed by atoms with van der Waals surface area (Å²) in [4.78, 5) is 10.8. The average molecular weight is 421 g/mol. The highest BCUT2D eigenvalue weighted by molar-refractivity contribution is 6.31. The van der Waals surface area contributed by atoms with Crippen LogP contribution in [-0.2, 0) is 4.74 Å². The van der Waals surface area contributed by atoms with Crippen molar-refractivity contribution in [2.45, 2.75) is 39.7 Å². The van der Waals surface area contributed by atoms with Gasteiger partial charge in [0.25, 0.3) is 0 Å². The number of rotatable bonds is 7. The molecule has 1 aliphatic rings. The molecule has 3 rings (SSSR count). The number of hydrogen-bond donors (Lipinski definition) is 1. The van der Waals surface area contributed by atoms with Crippen LogP contribution in [-0.4, -0.2) is 42.9 Å². The third-order valence-electron chi connectivity index (χ3n) is 4.68. The Morgan fingerprint density at radius 3 is 2.72 bits per heavy atom. The third-order valence-corrected chi connectivity index (χ3v) is 5.00. The van der Waals surface area contributed by atoms with Crippen molar-refractivity contribution in [2.24, 2.45) is 0 Å². The lowest BCUT2D eigenvalue weighted by molar-refractivity contribution is 0.134. The number of benzene rings is 1.